The molecule has 1 aliphatic carbocycles. The van der Waals surface area contributed by atoms with E-state index in [0.717, 1.165) is 17.7 Å². The van der Waals surface area contributed by atoms with Gasteiger partial charge in [-0.25, -0.2) is 0 Å². The van der Waals surface area contributed by atoms with Crippen LogP contribution in [0.15, 0.2) is 54.6 Å². The summed E-state index contributed by atoms with van der Waals surface area (Å²) < 4.78 is 5.97. The topological polar surface area (TPSA) is 9.23 Å². The van der Waals surface area contributed by atoms with E-state index in [1.54, 1.807) is 6.08 Å². The lowest BCUT2D eigenvalue weighted by Crippen LogP contribution is -2.36. The van der Waals surface area contributed by atoms with Crippen LogP contribution in [0.25, 0.3) is 28.0 Å². The predicted octanol–water partition coefficient (Wildman–Crippen LogP) is 3.81. The van der Waals surface area contributed by atoms with Gasteiger partial charge in [-0.15, -0.1) is 0 Å². The van der Waals surface area contributed by atoms with Crippen molar-refractivity contribution in [1.82, 2.24) is 0 Å². The maximum Gasteiger partial charge on any atom is 0.130 e. The van der Waals surface area contributed by atoms with E-state index < -0.39 is 5.40 Å². The molecule has 0 saturated carbocycles. The fourth-order valence-corrected chi connectivity index (χ4v) is 3.79. The molecule has 0 N–H and O–H groups in total. The molecule has 4 radical (unpaired) electrons. The number of hydrogen-bond acceptors (Lipinski definition) is 1. The van der Waals surface area contributed by atoms with Crippen LogP contribution in [0.5, 0.6) is 5.75 Å². The largest absolute Gasteiger partial charge is 0.502 e. The van der Waals surface area contributed by atoms with Gasteiger partial charge in [0.1, 0.15) is 21.4 Å². The summed E-state index contributed by atoms with van der Waals surface area (Å²) in [6.45, 7) is 0. The zero-order valence-corrected chi connectivity index (χ0v) is 12.5. The molecule has 0 unspecified atom stereocenters. The average molecular weight is 290 g/mol. The molecule has 3 heteroatoms. The first-order valence-electron chi connectivity index (χ1n) is 7.76. The summed E-state index contributed by atoms with van der Waals surface area (Å²) in [5.41, 5.74) is 6.10. The van der Waals surface area contributed by atoms with Gasteiger partial charge in [0.2, 0.25) is 0 Å². The summed E-state index contributed by atoms with van der Waals surface area (Å²) in [4.78, 5) is 0. The Morgan fingerprint density at radius 1 is 0.913 bits per heavy atom. The smallest absolute Gasteiger partial charge is 0.130 e. The van der Waals surface area contributed by atoms with Crippen molar-refractivity contribution >= 4 is 32.5 Å². The van der Waals surface area contributed by atoms with Crippen molar-refractivity contribution in [2.75, 3.05) is 0 Å². The molecule has 0 fully saturated rings. The van der Waals surface area contributed by atoms with E-state index in [1.807, 2.05) is 6.08 Å². The second kappa shape index (κ2) is 4.32. The fourth-order valence-electron chi connectivity index (χ4n) is 3.79. The van der Waals surface area contributed by atoms with Gasteiger partial charge in [0.05, 0.1) is 0 Å². The van der Waals surface area contributed by atoms with E-state index in [-0.39, 0.29) is 0 Å². The molecule has 0 spiro atoms. The summed E-state index contributed by atoms with van der Waals surface area (Å²) in [7, 11) is 12.0. The first-order chi connectivity index (χ1) is 11.1. The lowest BCUT2D eigenvalue weighted by atomic mass is 9.64. The van der Waals surface area contributed by atoms with Crippen LogP contribution < -0.4 is 4.74 Å². The Morgan fingerprint density at radius 2 is 1.65 bits per heavy atom. The zero-order valence-electron chi connectivity index (χ0n) is 12.5. The van der Waals surface area contributed by atoms with E-state index >= 15 is 0 Å². The molecule has 0 bridgehead atoms. The Balaban J connectivity index is 1.95. The van der Waals surface area contributed by atoms with Crippen LogP contribution in [0.4, 0.5) is 0 Å². The monoisotopic (exact) mass is 290 g/mol. The minimum atomic E-state index is -1.25. The highest BCUT2D eigenvalue weighted by Crippen LogP contribution is 2.49. The first kappa shape index (κ1) is 13.1. The third-order valence-corrected chi connectivity index (χ3v) is 4.75. The molecule has 0 atom stereocenters. The van der Waals surface area contributed by atoms with Gasteiger partial charge in [-0.3, -0.25) is 0 Å². The molecule has 1 nitrogen and oxygen atoms in total. The average Bonchev–Trinajstić information content (AvgIpc) is 2.94. The van der Waals surface area contributed by atoms with Crippen LogP contribution in [-0.2, 0) is 6.42 Å². The van der Waals surface area contributed by atoms with Crippen molar-refractivity contribution in [2.45, 2.75) is 11.8 Å². The molecule has 0 aromatic heterocycles. The molecule has 3 aromatic carbocycles. The molecule has 0 saturated heterocycles. The SMILES string of the molecule is [B]C1([B])C=Cc2c(c3c(c4ccccc24)-c2ccccc2C3)O1. The standard InChI is InChI=1S/C20H12B2O/c21-20(22)10-9-16-14-7-3-4-8-15(14)18-13-6-2-1-5-12(13)11-17(18)19(16)23-20/h1-10H,11H2. The van der Waals surface area contributed by atoms with Gasteiger partial charge in [0.15, 0.2) is 0 Å². The van der Waals surface area contributed by atoms with Gasteiger partial charge in [0, 0.05) is 22.9 Å². The molecule has 1 aliphatic heterocycles. The van der Waals surface area contributed by atoms with Crippen LogP contribution in [0.1, 0.15) is 16.7 Å². The van der Waals surface area contributed by atoms with Crippen molar-refractivity contribution in [1.29, 1.82) is 0 Å². The third kappa shape index (κ3) is 1.77. The highest BCUT2D eigenvalue weighted by atomic mass is 16.5. The number of hydrogen-bond donors (Lipinski definition) is 0. The number of fused-ring (bicyclic) bond motifs is 8. The Kier molecular flexibility index (Phi) is 2.45. The quantitative estimate of drug-likeness (QED) is 0.447. The highest BCUT2D eigenvalue weighted by Gasteiger charge is 2.31. The minimum absolute atomic E-state index is 0.822. The Morgan fingerprint density at radius 3 is 2.52 bits per heavy atom. The van der Waals surface area contributed by atoms with Crippen molar-refractivity contribution in [3.63, 3.8) is 0 Å². The Hall–Kier alpha value is -2.41. The van der Waals surface area contributed by atoms with Crippen LogP contribution in [-0.4, -0.2) is 21.1 Å². The van der Waals surface area contributed by atoms with E-state index in [0.29, 0.717) is 0 Å². The zero-order chi connectivity index (χ0) is 15.6. The molecule has 5 rings (SSSR count). The minimum Gasteiger partial charge on any atom is -0.502 e. The molecular weight excluding hydrogens is 278 g/mol. The maximum absolute atomic E-state index is 6.00. The van der Waals surface area contributed by atoms with Gasteiger partial charge in [0.25, 0.3) is 0 Å². The van der Waals surface area contributed by atoms with E-state index in [1.165, 1.54) is 33.0 Å². The van der Waals surface area contributed by atoms with Crippen molar-refractivity contribution in [3.8, 4) is 16.9 Å². The van der Waals surface area contributed by atoms with Gasteiger partial charge < -0.3 is 4.74 Å². The molecule has 104 valence electrons. The number of rotatable bonds is 0. The molecule has 1 heterocycles. The van der Waals surface area contributed by atoms with Gasteiger partial charge in [-0.05, 0) is 27.5 Å². The van der Waals surface area contributed by atoms with Gasteiger partial charge >= 0.3 is 0 Å². The van der Waals surface area contributed by atoms with Gasteiger partial charge in [-0.2, -0.15) is 0 Å². The summed E-state index contributed by atoms with van der Waals surface area (Å²) in [6.07, 6.45) is 4.56. The molecular formula is C20H12B2O. The van der Waals surface area contributed by atoms with Crippen molar-refractivity contribution in [3.05, 3.63) is 71.3 Å². The maximum atomic E-state index is 6.00. The molecule has 2 aliphatic rings. The van der Waals surface area contributed by atoms with Crippen LogP contribution in [0.3, 0.4) is 0 Å². The van der Waals surface area contributed by atoms with Crippen LogP contribution in [0, 0.1) is 0 Å². The fraction of sp³-hybridized carbons (Fsp3) is 0.100. The highest BCUT2D eigenvalue weighted by molar-refractivity contribution is 6.41. The summed E-state index contributed by atoms with van der Waals surface area (Å²) in [6, 6.07) is 17.0. The van der Waals surface area contributed by atoms with Crippen LogP contribution >= 0.6 is 0 Å². The lowest BCUT2D eigenvalue weighted by Gasteiger charge is -2.32. The van der Waals surface area contributed by atoms with Crippen molar-refractivity contribution in [2.24, 2.45) is 0 Å². The van der Waals surface area contributed by atoms with E-state index in [9.17, 15) is 0 Å². The summed E-state index contributed by atoms with van der Waals surface area (Å²) in [5, 5.41) is 1.17. The first-order valence-corrected chi connectivity index (χ1v) is 7.76. The molecule has 3 aromatic rings. The second-order valence-electron chi connectivity index (χ2n) is 6.26. The Bertz CT molecular complexity index is 1000. The summed E-state index contributed by atoms with van der Waals surface area (Å²) in [5.74, 6) is 0.822. The van der Waals surface area contributed by atoms with E-state index in [2.05, 4.69) is 48.5 Å². The third-order valence-electron chi connectivity index (χ3n) is 4.75. The Labute approximate surface area is 137 Å². The van der Waals surface area contributed by atoms with E-state index in [4.69, 9.17) is 20.4 Å². The lowest BCUT2D eigenvalue weighted by molar-refractivity contribution is 0.282. The second-order valence-corrected chi connectivity index (χ2v) is 6.26. The van der Waals surface area contributed by atoms with Gasteiger partial charge in [-0.1, -0.05) is 60.7 Å². The number of ether oxygens (including phenoxy) is 1. The molecule has 23 heavy (non-hydrogen) atoms. The van der Waals surface area contributed by atoms with Crippen LogP contribution in [0.2, 0.25) is 0 Å². The number of benzene rings is 3. The predicted molar refractivity (Wildman–Crippen MR) is 96.1 cm³/mol. The summed E-state index contributed by atoms with van der Waals surface area (Å²) >= 11 is 0. The normalized spacial score (nSPS) is 16.5. The van der Waals surface area contributed by atoms with Crippen molar-refractivity contribution < 1.29 is 4.74 Å². The molecule has 0 amide bonds.